The quantitative estimate of drug-likeness (QED) is 0.596. The second kappa shape index (κ2) is 10.9. The van der Waals surface area contributed by atoms with Crippen LogP contribution < -0.4 is 5.32 Å². The van der Waals surface area contributed by atoms with E-state index in [1.807, 2.05) is 17.0 Å². The lowest BCUT2D eigenvalue weighted by Crippen LogP contribution is -2.51. The average Bonchev–Trinajstić information content (AvgIpc) is 3.32. The number of hydrogen-bond acceptors (Lipinski definition) is 6. The number of benzene rings is 1. The summed E-state index contributed by atoms with van der Waals surface area (Å²) in [5.41, 5.74) is 0. The van der Waals surface area contributed by atoms with E-state index in [0.29, 0.717) is 37.6 Å². The number of piperazine rings is 1. The molecule has 0 radical (unpaired) electrons. The molecule has 2 aromatic rings. The van der Waals surface area contributed by atoms with Crippen LogP contribution in [0.25, 0.3) is 0 Å². The smallest absolute Gasteiger partial charge is 0.243 e. The van der Waals surface area contributed by atoms with Crippen molar-refractivity contribution in [2.24, 2.45) is 0 Å². The zero-order valence-electron chi connectivity index (χ0n) is 18.2. The van der Waals surface area contributed by atoms with Gasteiger partial charge >= 0.3 is 0 Å². The number of rotatable bonds is 10. The van der Waals surface area contributed by atoms with Gasteiger partial charge < -0.3 is 9.73 Å². The van der Waals surface area contributed by atoms with Gasteiger partial charge in [0.25, 0.3) is 0 Å². The molecule has 2 heterocycles. The minimum absolute atomic E-state index is 0.0122. The molecule has 1 fully saturated rings. The first-order valence-corrected chi connectivity index (χ1v) is 12.2. The number of nitrogens with zero attached hydrogens (tertiary/aromatic N) is 3. The van der Waals surface area contributed by atoms with Crippen molar-refractivity contribution in [3.05, 3.63) is 54.5 Å². The molecule has 1 atom stereocenters. The van der Waals surface area contributed by atoms with Crippen molar-refractivity contribution < 1.29 is 17.6 Å². The molecule has 1 aliphatic heterocycles. The van der Waals surface area contributed by atoms with Crippen LogP contribution in [0.2, 0.25) is 0 Å². The molecule has 1 aliphatic rings. The van der Waals surface area contributed by atoms with Crippen molar-refractivity contribution in [2.45, 2.75) is 24.8 Å². The molecular weight excluding hydrogens is 416 g/mol. The number of amides is 1. The van der Waals surface area contributed by atoms with E-state index in [1.165, 1.54) is 4.31 Å². The Labute approximate surface area is 184 Å². The fraction of sp³-hybridized carbons (Fsp3) is 0.500. The fourth-order valence-electron chi connectivity index (χ4n) is 3.89. The molecule has 170 valence electrons. The number of nitrogens with one attached hydrogen (secondary N) is 1. The molecule has 1 aromatic carbocycles. The molecule has 8 nitrogen and oxygen atoms in total. The monoisotopic (exact) mass is 448 g/mol. The maximum absolute atomic E-state index is 12.7. The summed E-state index contributed by atoms with van der Waals surface area (Å²) in [6.45, 7) is 8.41. The number of carbonyl (C=O) groups is 1. The SMILES string of the molecule is CCN(CC)C(CNC(=O)CN1CCN(S(=O)(=O)c2ccccc2)CC1)c1ccco1. The van der Waals surface area contributed by atoms with Crippen molar-refractivity contribution in [3.8, 4) is 0 Å². The Bertz CT molecular complexity index is 906. The Hall–Kier alpha value is -2.20. The normalized spacial score (nSPS) is 17.0. The fourth-order valence-corrected chi connectivity index (χ4v) is 5.34. The Balaban J connectivity index is 1.49. The lowest BCUT2D eigenvalue weighted by molar-refractivity contribution is -0.122. The molecule has 1 N–H and O–H groups in total. The van der Waals surface area contributed by atoms with E-state index < -0.39 is 10.0 Å². The van der Waals surface area contributed by atoms with Crippen LogP contribution in [0.15, 0.2) is 58.0 Å². The van der Waals surface area contributed by atoms with Crippen LogP contribution in [-0.2, 0) is 14.8 Å². The van der Waals surface area contributed by atoms with Crippen molar-refractivity contribution >= 4 is 15.9 Å². The number of likely N-dealkylation sites (N-methyl/N-ethyl adjacent to an activating group) is 1. The number of hydrogen-bond donors (Lipinski definition) is 1. The Kier molecular flexibility index (Phi) is 8.25. The predicted molar refractivity (Wildman–Crippen MR) is 119 cm³/mol. The Morgan fingerprint density at radius 1 is 1.06 bits per heavy atom. The van der Waals surface area contributed by atoms with Crippen LogP contribution in [0, 0.1) is 0 Å². The third-order valence-electron chi connectivity index (χ3n) is 5.70. The molecule has 1 aromatic heterocycles. The topological polar surface area (TPSA) is 86.1 Å². The highest BCUT2D eigenvalue weighted by molar-refractivity contribution is 7.89. The first kappa shape index (κ1) is 23.5. The van der Waals surface area contributed by atoms with E-state index in [2.05, 4.69) is 24.1 Å². The summed E-state index contributed by atoms with van der Waals surface area (Å²) in [6.07, 6.45) is 1.65. The van der Waals surface area contributed by atoms with Gasteiger partial charge in [-0.2, -0.15) is 4.31 Å². The summed E-state index contributed by atoms with van der Waals surface area (Å²) in [5, 5.41) is 3.02. The van der Waals surface area contributed by atoms with E-state index >= 15 is 0 Å². The van der Waals surface area contributed by atoms with Gasteiger partial charge in [0.1, 0.15) is 5.76 Å². The number of furan rings is 1. The van der Waals surface area contributed by atoms with E-state index in [-0.39, 0.29) is 18.5 Å². The Morgan fingerprint density at radius 3 is 2.32 bits per heavy atom. The zero-order valence-corrected chi connectivity index (χ0v) is 19.1. The van der Waals surface area contributed by atoms with E-state index in [4.69, 9.17) is 4.42 Å². The van der Waals surface area contributed by atoms with Crippen LogP contribution >= 0.6 is 0 Å². The molecule has 3 rings (SSSR count). The summed E-state index contributed by atoms with van der Waals surface area (Å²) in [6, 6.07) is 12.2. The first-order valence-electron chi connectivity index (χ1n) is 10.8. The van der Waals surface area contributed by atoms with Gasteiger partial charge in [0, 0.05) is 32.7 Å². The van der Waals surface area contributed by atoms with Gasteiger partial charge in [-0.25, -0.2) is 8.42 Å². The summed E-state index contributed by atoms with van der Waals surface area (Å²) in [7, 11) is -3.49. The predicted octanol–water partition coefficient (Wildman–Crippen LogP) is 1.79. The summed E-state index contributed by atoms with van der Waals surface area (Å²) < 4.78 is 32.5. The highest BCUT2D eigenvalue weighted by Crippen LogP contribution is 2.20. The standard InChI is InChI=1S/C22H32N4O4S/c1-3-25(4-2)20(21-11-8-16-30-21)17-23-22(27)18-24-12-14-26(15-13-24)31(28,29)19-9-6-5-7-10-19/h5-11,16,20H,3-4,12-15,17-18H2,1-2H3,(H,23,27). The van der Waals surface area contributed by atoms with Crippen molar-refractivity contribution in [2.75, 3.05) is 52.4 Å². The lowest BCUT2D eigenvalue weighted by Gasteiger charge is -2.34. The van der Waals surface area contributed by atoms with E-state index in [0.717, 1.165) is 18.8 Å². The largest absolute Gasteiger partial charge is 0.468 e. The highest BCUT2D eigenvalue weighted by atomic mass is 32.2. The van der Waals surface area contributed by atoms with Crippen LogP contribution in [0.1, 0.15) is 25.6 Å². The van der Waals surface area contributed by atoms with Gasteiger partial charge in [0.05, 0.1) is 23.7 Å². The maximum Gasteiger partial charge on any atom is 0.243 e. The van der Waals surface area contributed by atoms with Crippen LogP contribution in [0.5, 0.6) is 0 Å². The zero-order chi connectivity index (χ0) is 22.3. The first-order chi connectivity index (χ1) is 15.0. The van der Waals surface area contributed by atoms with Gasteiger partial charge in [-0.3, -0.25) is 14.6 Å². The second-order valence-corrected chi connectivity index (χ2v) is 9.49. The third kappa shape index (κ3) is 5.94. The number of sulfonamides is 1. The molecule has 1 amide bonds. The molecule has 0 bridgehead atoms. The molecule has 1 unspecified atom stereocenters. The lowest BCUT2D eigenvalue weighted by atomic mass is 10.2. The minimum atomic E-state index is -3.49. The maximum atomic E-state index is 12.7. The van der Waals surface area contributed by atoms with Gasteiger partial charge in [-0.05, 0) is 37.4 Å². The van der Waals surface area contributed by atoms with Crippen LogP contribution in [0.4, 0.5) is 0 Å². The molecule has 9 heteroatoms. The summed E-state index contributed by atoms with van der Waals surface area (Å²) >= 11 is 0. The third-order valence-corrected chi connectivity index (χ3v) is 7.61. The summed E-state index contributed by atoms with van der Waals surface area (Å²) in [5.74, 6) is 0.770. The molecule has 0 aliphatic carbocycles. The van der Waals surface area contributed by atoms with Crippen LogP contribution in [0.3, 0.4) is 0 Å². The van der Waals surface area contributed by atoms with Gasteiger partial charge in [0.15, 0.2) is 0 Å². The van der Waals surface area contributed by atoms with Gasteiger partial charge in [-0.1, -0.05) is 32.0 Å². The van der Waals surface area contributed by atoms with E-state index in [1.54, 1.807) is 36.6 Å². The second-order valence-electron chi connectivity index (χ2n) is 7.55. The number of carbonyl (C=O) groups excluding carboxylic acids is 1. The van der Waals surface area contributed by atoms with Gasteiger partial charge in [0.2, 0.25) is 15.9 Å². The Morgan fingerprint density at radius 2 is 1.74 bits per heavy atom. The summed E-state index contributed by atoms with van der Waals surface area (Å²) in [4.78, 5) is 17.1. The molecule has 31 heavy (non-hydrogen) atoms. The average molecular weight is 449 g/mol. The van der Waals surface area contributed by atoms with Crippen molar-refractivity contribution in [1.82, 2.24) is 19.4 Å². The highest BCUT2D eigenvalue weighted by Gasteiger charge is 2.29. The minimum Gasteiger partial charge on any atom is -0.468 e. The molecule has 0 spiro atoms. The van der Waals surface area contributed by atoms with Crippen molar-refractivity contribution in [3.63, 3.8) is 0 Å². The van der Waals surface area contributed by atoms with Gasteiger partial charge in [-0.15, -0.1) is 0 Å². The molecule has 1 saturated heterocycles. The van der Waals surface area contributed by atoms with Crippen molar-refractivity contribution in [1.29, 1.82) is 0 Å². The van der Waals surface area contributed by atoms with Crippen LogP contribution in [-0.4, -0.2) is 80.8 Å². The molecule has 0 saturated carbocycles. The van der Waals surface area contributed by atoms with E-state index in [9.17, 15) is 13.2 Å². The molecular formula is C22H32N4O4S.